The first-order valence-electron chi connectivity index (χ1n) is 6.45. The summed E-state index contributed by atoms with van der Waals surface area (Å²) in [6.45, 7) is 0. The highest BCUT2D eigenvalue weighted by Crippen LogP contribution is 2.33. The Bertz CT molecular complexity index is 990. The first-order chi connectivity index (χ1) is 11.2. The molecule has 0 aliphatic carbocycles. The molecule has 23 heavy (non-hydrogen) atoms. The quantitative estimate of drug-likeness (QED) is 0.422. The molecule has 4 aromatic rings. The van der Waals surface area contributed by atoms with Crippen molar-refractivity contribution in [3.05, 3.63) is 58.6 Å². The maximum atomic E-state index is 11.3. The second-order valence-electron chi connectivity index (χ2n) is 4.49. The van der Waals surface area contributed by atoms with E-state index in [1.165, 1.54) is 22.1 Å². The Kier molecular flexibility index (Phi) is 3.01. The number of aromatic nitrogens is 5. The van der Waals surface area contributed by atoms with E-state index in [-0.39, 0.29) is 11.7 Å². The van der Waals surface area contributed by atoms with Gasteiger partial charge in [-0.15, -0.1) is 0 Å². The lowest BCUT2D eigenvalue weighted by Gasteiger charge is -2.05. The molecule has 0 fully saturated rings. The zero-order valence-corrected chi connectivity index (χ0v) is 12.3. The summed E-state index contributed by atoms with van der Waals surface area (Å²) in [5.74, 6) is 0.178. The fourth-order valence-corrected chi connectivity index (χ4v) is 2.83. The summed E-state index contributed by atoms with van der Waals surface area (Å²) in [5.41, 5.74) is 0.726. The fraction of sp³-hybridized carbons (Fsp3) is 0. The van der Waals surface area contributed by atoms with Gasteiger partial charge in [-0.05, 0) is 17.1 Å². The third-order valence-electron chi connectivity index (χ3n) is 3.09. The van der Waals surface area contributed by atoms with Crippen molar-refractivity contribution in [3.8, 4) is 17.3 Å². The minimum atomic E-state index is -0.511. The van der Waals surface area contributed by atoms with Crippen LogP contribution in [0.15, 0.2) is 48.5 Å². The highest BCUT2D eigenvalue weighted by molar-refractivity contribution is 7.15. The van der Waals surface area contributed by atoms with Gasteiger partial charge in [0.2, 0.25) is 0 Å². The maximum Gasteiger partial charge on any atom is 0.393 e. The molecule has 0 spiro atoms. The van der Waals surface area contributed by atoms with Gasteiger partial charge in [0.1, 0.15) is 24.6 Å². The molecular weight excluding hydrogens is 320 g/mol. The Hall–Kier alpha value is -3.27. The fourth-order valence-electron chi connectivity index (χ4n) is 2.13. The number of ether oxygens (including phenoxy) is 1. The van der Waals surface area contributed by atoms with Crippen molar-refractivity contribution >= 4 is 22.1 Å². The van der Waals surface area contributed by atoms with E-state index < -0.39 is 4.92 Å². The Morgan fingerprint density at radius 2 is 2.26 bits per heavy atom. The molecule has 0 amide bonds. The molecular formula is C13H8N6O3S. The molecule has 0 aliphatic heterocycles. The topological polar surface area (TPSA) is 100 Å². The van der Waals surface area contributed by atoms with E-state index in [1.807, 2.05) is 6.07 Å². The molecule has 3 heterocycles. The molecule has 1 aromatic carbocycles. The molecule has 0 aliphatic rings. The molecule has 0 saturated carbocycles. The minimum Gasteiger partial charge on any atom is -0.432 e. The molecule has 0 radical (unpaired) electrons. The third kappa shape index (κ3) is 2.30. The SMILES string of the molecule is O=[N+]([O-])c1c(Oc2cccc(-n3cncn3)c2)nc2sccn12. The number of nitrogens with zero attached hydrogens (tertiary/aromatic N) is 6. The molecule has 0 atom stereocenters. The van der Waals surface area contributed by atoms with Crippen molar-refractivity contribution in [2.45, 2.75) is 0 Å². The van der Waals surface area contributed by atoms with Gasteiger partial charge in [0, 0.05) is 11.4 Å². The van der Waals surface area contributed by atoms with Crippen molar-refractivity contribution in [1.29, 1.82) is 0 Å². The van der Waals surface area contributed by atoms with Crippen LogP contribution in [-0.2, 0) is 0 Å². The Morgan fingerprint density at radius 3 is 3.04 bits per heavy atom. The van der Waals surface area contributed by atoms with Crippen molar-refractivity contribution in [2.75, 3.05) is 0 Å². The number of imidazole rings is 1. The van der Waals surface area contributed by atoms with Crippen LogP contribution in [0.25, 0.3) is 10.6 Å². The van der Waals surface area contributed by atoms with Crippen molar-refractivity contribution in [3.63, 3.8) is 0 Å². The lowest BCUT2D eigenvalue weighted by molar-refractivity contribution is -0.391. The van der Waals surface area contributed by atoms with E-state index in [1.54, 1.807) is 40.8 Å². The maximum absolute atomic E-state index is 11.3. The summed E-state index contributed by atoms with van der Waals surface area (Å²) in [4.78, 5) is 19.3. The number of hydrogen-bond donors (Lipinski definition) is 0. The highest BCUT2D eigenvalue weighted by Gasteiger charge is 2.25. The number of fused-ring (bicyclic) bond motifs is 1. The number of hydrogen-bond acceptors (Lipinski definition) is 7. The van der Waals surface area contributed by atoms with E-state index in [4.69, 9.17) is 4.74 Å². The van der Waals surface area contributed by atoms with Crippen LogP contribution in [0.2, 0.25) is 0 Å². The van der Waals surface area contributed by atoms with Gasteiger partial charge in [-0.1, -0.05) is 17.4 Å². The van der Waals surface area contributed by atoms with Crippen LogP contribution < -0.4 is 4.74 Å². The van der Waals surface area contributed by atoms with Crippen LogP contribution in [0, 0.1) is 10.1 Å². The molecule has 4 rings (SSSR count). The van der Waals surface area contributed by atoms with E-state index in [2.05, 4.69) is 15.1 Å². The molecule has 0 saturated heterocycles. The van der Waals surface area contributed by atoms with Gasteiger partial charge in [-0.25, -0.2) is 9.67 Å². The molecule has 0 bridgehead atoms. The highest BCUT2D eigenvalue weighted by atomic mass is 32.1. The van der Waals surface area contributed by atoms with Gasteiger partial charge in [-0.3, -0.25) is 0 Å². The van der Waals surface area contributed by atoms with Crippen molar-refractivity contribution < 1.29 is 9.66 Å². The molecule has 0 N–H and O–H groups in total. The zero-order chi connectivity index (χ0) is 15.8. The second kappa shape index (κ2) is 5.18. The summed E-state index contributed by atoms with van der Waals surface area (Å²) < 4.78 is 8.58. The summed E-state index contributed by atoms with van der Waals surface area (Å²) in [5, 5.41) is 17.0. The van der Waals surface area contributed by atoms with Gasteiger partial charge in [0.25, 0.3) is 4.96 Å². The molecule has 0 unspecified atom stereocenters. The number of rotatable bonds is 4. The summed E-state index contributed by atoms with van der Waals surface area (Å²) >= 11 is 1.30. The van der Waals surface area contributed by atoms with Crippen LogP contribution in [-0.4, -0.2) is 29.1 Å². The van der Waals surface area contributed by atoms with E-state index in [0.717, 1.165) is 5.69 Å². The Labute approximate surface area is 132 Å². The lowest BCUT2D eigenvalue weighted by atomic mass is 10.3. The molecule has 114 valence electrons. The summed E-state index contributed by atoms with van der Waals surface area (Å²) in [6.07, 6.45) is 4.56. The Morgan fingerprint density at radius 1 is 1.35 bits per heavy atom. The van der Waals surface area contributed by atoms with Crippen LogP contribution in [0.3, 0.4) is 0 Å². The smallest absolute Gasteiger partial charge is 0.393 e. The molecule has 9 nitrogen and oxygen atoms in total. The summed E-state index contributed by atoms with van der Waals surface area (Å²) in [6, 6.07) is 6.97. The van der Waals surface area contributed by atoms with Crippen molar-refractivity contribution in [2.24, 2.45) is 0 Å². The average Bonchev–Trinajstić information content (AvgIpc) is 3.23. The zero-order valence-electron chi connectivity index (χ0n) is 11.4. The Balaban J connectivity index is 1.74. The molecule has 10 heteroatoms. The van der Waals surface area contributed by atoms with Gasteiger partial charge >= 0.3 is 11.7 Å². The van der Waals surface area contributed by atoms with Crippen LogP contribution in [0.5, 0.6) is 11.6 Å². The monoisotopic (exact) mass is 328 g/mol. The van der Waals surface area contributed by atoms with E-state index in [9.17, 15) is 10.1 Å². The normalized spacial score (nSPS) is 11.0. The van der Waals surface area contributed by atoms with Crippen LogP contribution in [0.1, 0.15) is 0 Å². The predicted octanol–water partition coefficient (Wildman–Crippen LogP) is 2.68. The second-order valence-corrected chi connectivity index (χ2v) is 5.37. The van der Waals surface area contributed by atoms with Gasteiger partial charge in [0.15, 0.2) is 0 Å². The van der Waals surface area contributed by atoms with Crippen LogP contribution in [0.4, 0.5) is 5.82 Å². The average molecular weight is 328 g/mol. The largest absolute Gasteiger partial charge is 0.432 e. The van der Waals surface area contributed by atoms with E-state index in [0.29, 0.717) is 10.7 Å². The van der Waals surface area contributed by atoms with Crippen LogP contribution >= 0.6 is 11.3 Å². The minimum absolute atomic E-state index is 0.0439. The molecule has 3 aromatic heterocycles. The van der Waals surface area contributed by atoms with E-state index >= 15 is 0 Å². The standard InChI is InChI=1S/C13H8N6O3S/c20-19(21)12-11(16-13-17(12)4-5-23-13)22-10-3-1-2-9(6-10)18-8-14-7-15-18/h1-8H. The summed E-state index contributed by atoms with van der Waals surface area (Å²) in [7, 11) is 0. The first kappa shape index (κ1) is 13.4. The van der Waals surface area contributed by atoms with Crippen molar-refractivity contribution in [1.82, 2.24) is 24.1 Å². The first-order valence-corrected chi connectivity index (χ1v) is 7.33. The lowest BCUT2D eigenvalue weighted by Crippen LogP contribution is -1.97. The number of thiazole rings is 1. The predicted molar refractivity (Wildman–Crippen MR) is 81.2 cm³/mol. The number of benzene rings is 1. The van der Waals surface area contributed by atoms with Gasteiger partial charge in [0.05, 0.1) is 5.69 Å². The van der Waals surface area contributed by atoms with Gasteiger partial charge in [-0.2, -0.15) is 14.5 Å². The van der Waals surface area contributed by atoms with Gasteiger partial charge < -0.3 is 14.9 Å². The number of nitro groups is 1. The third-order valence-corrected chi connectivity index (χ3v) is 3.85.